The van der Waals surface area contributed by atoms with Crippen LogP contribution in [0.2, 0.25) is 0 Å². The van der Waals surface area contributed by atoms with Crippen molar-refractivity contribution in [2.45, 2.75) is 52.4 Å². The zero-order chi connectivity index (χ0) is 26.3. The van der Waals surface area contributed by atoms with Gasteiger partial charge in [0.2, 0.25) is 0 Å². The number of ether oxygens (including phenoxy) is 2. The van der Waals surface area contributed by atoms with Crippen LogP contribution in [0.1, 0.15) is 71.7 Å². The number of carboxylic acid groups (broad SMARTS) is 2. The molecule has 0 aromatic carbocycles. The second kappa shape index (κ2) is 22.9. The van der Waals surface area contributed by atoms with Crippen molar-refractivity contribution in [1.29, 1.82) is 0 Å². The molecule has 13 heteroatoms. The quantitative estimate of drug-likeness (QED) is 0.290. The summed E-state index contributed by atoms with van der Waals surface area (Å²) in [6.07, 6.45) is 5.35. The van der Waals surface area contributed by atoms with Gasteiger partial charge in [-0.2, -0.15) is 0 Å². The SMILES string of the molecule is CCOC(=O)c1ccc(N2CCCCC2)s1.CCOC(=O)c1ccc(N2CCCCC2)s1.O=C([O-])[O-].[Cs+].[Cs+]. The van der Waals surface area contributed by atoms with Gasteiger partial charge in [-0.05, 0) is 82.8 Å². The van der Waals surface area contributed by atoms with E-state index in [2.05, 4.69) is 9.80 Å². The van der Waals surface area contributed by atoms with Crippen molar-refractivity contribution in [2.24, 2.45) is 0 Å². The zero-order valence-electron chi connectivity index (χ0n) is 22.9. The van der Waals surface area contributed by atoms with Crippen LogP contribution in [0.4, 0.5) is 14.8 Å². The van der Waals surface area contributed by atoms with Crippen molar-refractivity contribution >= 4 is 50.8 Å². The number of nitrogens with zero attached hydrogens (tertiary/aromatic N) is 2. The Morgan fingerprint density at radius 1 is 0.684 bits per heavy atom. The first-order valence-corrected chi connectivity index (χ1v) is 13.9. The van der Waals surface area contributed by atoms with Gasteiger partial charge in [0.05, 0.1) is 23.2 Å². The normalized spacial score (nSPS) is 14.3. The van der Waals surface area contributed by atoms with Crippen LogP contribution in [0.25, 0.3) is 0 Å². The molecule has 2 aromatic rings. The third-order valence-corrected chi connectivity index (χ3v) is 7.72. The molecule has 0 amide bonds. The summed E-state index contributed by atoms with van der Waals surface area (Å²) >= 11 is 3.08. The Morgan fingerprint density at radius 3 is 1.29 bits per heavy atom. The Hall–Kier alpha value is 1.31. The second-order valence-corrected chi connectivity index (χ2v) is 10.2. The first-order valence-electron chi connectivity index (χ1n) is 12.3. The molecular weight excluding hydrogens is 770 g/mol. The molecular formula is C25H34Cs2N2O7S2. The van der Waals surface area contributed by atoms with E-state index in [0.717, 1.165) is 26.2 Å². The van der Waals surface area contributed by atoms with Gasteiger partial charge in [0, 0.05) is 26.2 Å². The number of hydrogen-bond acceptors (Lipinski definition) is 11. The fourth-order valence-corrected chi connectivity index (χ4v) is 5.75. The number of piperidine rings is 2. The topological polar surface area (TPSA) is 122 Å². The van der Waals surface area contributed by atoms with E-state index in [9.17, 15) is 9.59 Å². The van der Waals surface area contributed by atoms with Crippen LogP contribution >= 0.6 is 22.7 Å². The average Bonchev–Trinajstić information content (AvgIpc) is 3.56. The van der Waals surface area contributed by atoms with Crippen LogP contribution in [-0.4, -0.2) is 57.5 Å². The average molecular weight is 804 g/mol. The fraction of sp³-hybridized carbons (Fsp3) is 0.560. The molecule has 2 aliphatic heterocycles. The van der Waals surface area contributed by atoms with E-state index in [0.29, 0.717) is 23.0 Å². The van der Waals surface area contributed by atoms with Crippen molar-refractivity contribution in [3.63, 3.8) is 0 Å². The third kappa shape index (κ3) is 15.0. The summed E-state index contributed by atoms with van der Waals surface area (Å²) in [6.45, 7) is 9.00. The minimum Gasteiger partial charge on any atom is -0.652 e. The van der Waals surface area contributed by atoms with E-state index in [1.807, 2.05) is 38.1 Å². The molecule has 4 heterocycles. The summed E-state index contributed by atoms with van der Waals surface area (Å²) in [7, 11) is 0. The Balaban J connectivity index is 0.000000604. The molecule has 2 saturated heterocycles. The molecule has 38 heavy (non-hydrogen) atoms. The van der Waals surface area contributed by atoms with Crippen molar-refractivity contribution in [1.82, 2.24) is 0 Å². The predicted octanol–water partition coefficient (Wildman–Crippen LogP) is -2.61. The number of carbonyl (C=O) groups is 3. The van der Waals surface area contributed by atoms with E-state index in [1.165, 1.54) is 71.2 Å². The maximum atomic E-state index is 11.5. The molecule has 0 atom stereocenters. The molecule has 0 unspecified atom stereocenters. The third-order valence-electron chi connectivity index (χ3n) is 5.47. The van der Waals surface area contributed by atoms with Crippen LogP contribution in [0.15, 0.2) is 24.3 Å². The molecule has 9 nitrogen and oxygen atoms in total. The minimum absolute atomic E-state index is 0. The van der Waals surface area contributed by atoms with Crippen LogP contribution < -0.4 is 158 Å². The van der Waals surface area contributed by atoms with Gasteiger partial charge in [-0.25, -0.2) is 9.59 Å². The Bertz CT molecular complexity index is 885. The van der Waals surface area contributed by atoms with E-state index in [1.54, 1.807) is 0 Å². The summed E-state index contributed by atoms with van der Waals surface area (Å²) in [5.74, 6) is -0.397. The zero-order valence-corrected chi connectivity index (χ0v) is 37.1. The van der Waals surface area contributed by atoms with Gasteiger partial charge in [-0.15, -0.1) is 22.7 Å². The first kappa shape index (κ1) is 39.3. The predicted molar refractivity (Wildman–Crippen MR) is 138 cm³/mol. The Kier molecular flexibility index (Phi) is 23.6. The van der Waals surface area contributed by atoms with Crippen molar-refractivity contribution < 1.29 is 172 Å². The number of esters is 2. The molecule has 4 rings (SSSR count). The van der Waals surface area contributed by atoms with E-state index in [-0.39, 0.29) is 150 Å². The van der Waals surface area contributed by atoms with Crippen molar-refractivity contribution in [3.8, 4) is 0 Å². The van der Waals surface area contributed by atoms with Gasteiger partial charge in [0.15, 0.2) is 0 Å². The van der Waals surface area contributed by atoms with Crippen LogP contribution in [0.5, 0.6) is 0 Å². The monoisotopic (exact) mass is 804 g/mol. The number of thiophene rings is 2. The van der Waals surface area contributed by atoms with E-state index < -0.39 is 6.16 Å². The van der Waals surface area contributed by atoms with Gasteiger partial charge in [0.25, 0.3) is 0 Å². The molecule has 0 radical (unpaired) electrons. The van der Waals surface area contributed by atoms with Gasteiger partial charge in [-0.1, -0.05) is 0 Å². The summed E-state index contributed by atoms with van der Waals surface area (Å²) in [6, 6.07) is 7.80. The molecule has 200 valence electrons. The van der Waals surface area contributed by atoms with Crippen LogP contribution in [0, 0.1) is 0 Å². The largest absolute Gasteiger partial charge is 1.00 e. The summed E-state index contributed by atoms with van der Waals surface area (Å²) in [5, 5.41) is 19.1. The second-order valence-electron chi connectivity index (χ2n) is 8.06. The number of hydrogen-bond donors (Lipinski definition) is 0. The minimum atomic E-state index is -2.33. The summed E-state index contributed by atoms with van der Waals surface area (Å²) < 4.78 is 9.96. The molecule has 0 bridgehead atoms. The molecule has 2 aliphatic rings. The Labute approximate surface area is 350 Å². The molecule has 0 aliphatic carbocycles. The molecule has 0 N–H and O–H groups in total. The molecule has 2 fully saturated rings. The molecule has 0 saturated carbocycles. The van der Waals surface area contributed by atoms with Gasteiger partial charge < -0.3 is 34.3 Å². The van der Waals surface area contributed by atoms with E-state index in [4.69, 9.17) is 24.5 Å². The maximum absolute atomic E-state index is 11.5. The van der Waals surface area contributed by atoms with Crippen molar-refractivity contribution in [3.05, 3.63) is 34.0 Å². The summed E-state index contributed by atoms with van der Waals surface area (Å²) in [5.41, 5.74) is 0. The van der Waals surface area contributed by atoms with Gasteiger partial charge >= 0.3 is 150 Å². The number of anilines is 2. The molecule has 0 spiro atoms. The van der Waals surface area contributed by atoms with Crippen LogP contribution in [0.3, 0.4) is 0 Å². The number of carbonyl (C=O) groups excluding carboxylic acids is 3. The van der Waals surface area contributed by atoms with E-state index >= 15 is 0 Å². The summed E-state index contributed by atoms with van der Waals surface area (Å²) in [4.78, 5) is 37.5. The number of rotatable bonds is 6. The smallest absolute Gasteiger partial charge is 0.652 e. The first-order chi connectivity index (χ1) is 17.3. The maximum Gasteiger partial charge on any atom is 1.00 e. The fourth-order valence-electron chi connectivity index (χ4n) is 3.85. The molecule has 2 aromatic heterocycles. The Morgan fingerprint density at radius 2 is 1.00 bits per heavy atom. The van der Waals surface area contributed by atoms with Crippen LogP contribution in [-0.2, 0) is 9.47 Å². The van der Waals surface area contributed by atoms with Crippen molar-refractivity contribution in [2.75, 3.05) is 49.2 Å². The van der Waals surface area contributed by atoms with Gasteiger partial charge in [0.1, 0.15) is 9.75 Å². The van der Waals surface area contributed by atoms with Gasteiger partial charge in [-0.3, -0.25) is 0 Å². The standard InChI is InChI=1S/2C12H17NO2S.CH2O3.2Cs/c2*1-2-15-12(14)10-6-7-11(16-10)13-8-4-3-5-9-13;2-1(3)4;;/h2*6-7H,2-5,8-9H2,1H3;(H2,2,3,4);;/q;;;2*+1/p-2.